The maximum Gasteiger partial charge on any atom is 0.347 e. The van der Waals surface area contributed by atoms with Crippen LogP contribution in [0.4, 0.5) is 0 Å². The number of benzene rings is 2. The first kappa shape index (κ1) is 37.7. The number of ether oxygens (including phenoxy) is 5. The van der Waals surface area contributed by atoms with E-state index in [-0.39, 0.29) is 32.1 Å². The Kier molecular flexibility index (Phi) is 13.3. The Labute approximate surface area is 291 Å². The van der Waals surface area contributed by atoms with Crippen LogP contribution in [-0.4, -0.2) is 132 Å². The molecule has 4 rings (SSSR count). The molecule has 2 amide bonds. The van der Waals surface area contributed by atoms with Crippen LogP contribution in [0.25, 0.3) is 23.1 Å². The maximum atomic E-state index is 13.1. The second kappa shape index (κ2) is 18.1. The first-order chi connectivity index (χ1) is 24.4. The van der Waals surface area contributed by atoms with Gasteiger partial charge in [-0.05, 0) is 43.7 Å². The first-order valence-electron chi connectivity index (χ1n) is 15.7. The van der Waals surface area contributed by atoms with E-state index < -0.39 is 74.4 Å². The van der Waals surface area contributed by atoms with Gasteiger partial charge in [0.25, 0.3) is 11.8 Å². The molecule has 17 nitrogen and oxygen atoms in total. The molecule has 0 aliphatic carbocycles. The van der Waals surface area contributed by atoms with Gasteiger partial charge in [0.15, 0.2) is 32.0 Å². The molecule has 1 aliphatic heterocycles. The molecular formula is C34H36N4O13. The van der Waals surface area contributed by atoms with Crippen molar-refractivity contribution in [1.29, 1.82) is 0 Å². The van der Waals surface area contributed by atoms with E-state index in [4.69, 9.17) is 14.6 Å². The lowest BCUT2D eigenvalue weighted by Crippen LogP contribution is -2.53. The number of para-hydroxylation sites is 1. The third kappa shape index (κ3) is 10.9. The Balaban J connectivity index is 1.14. The van der Waals surface area contributed by atoms with E-state index in [9.17, 15) is 33.6 Å². The topological polar surface area (TPSA) is 221 Å². The average Bonchev–Trinajstić information content (AvgIpc) is 3.57. The third-order valence-electron chi connectivity index (χ3n) is 7.43. The van der Waals surface area contributed by atoms with Gasteiger partial charge in [-0.15, -0.1) is 0 Å². The Hall–Kier alpha value is -6.10. The van der Waals surface area contributed by atoms with Crippen molar-refractivity contribution >= 4 is 64.7 Å². The number of esters is 5. The van der Waals surface area contributed by atoms with Crippen molar-refractivity contribution in [3.05, 3.63) is 65.4 Å². The van der Waals surface area contributed by atoms with Gasteiger partial charge in [0.1, 0.15) is 6.61 Å². The average molecular weight is 709 g/mol. The van der Waals surface area contributed by atoms with Crippen LogP contribution in [-0.2, 0) is 52.5 Å². The number of piperazine rings is 1. The summed E-state index contributed by atoms with van der Waals surface area (Å²) in [6.45, 7) is -0.0879. The van der Waals surface area contributed by atoms with Crippen LogP contribution in [0.2, 0.25) is 0 Å². The van der Waals surface area contributed by atoms with E-state index in [2.05, 4.69) is 24.4 Å². The summed E-state index contributed by atoms with van der Waals surface area (Å²) < 4.78 is 23.4. The molecule has 2 aromatic carbocycles. The number of aliphatic hydroxyl groups excluding tert-OH is 1. The van der Waals surface area contributed by atoms with Crippen LogP contribution in [0, 0.1) is 0 Å². The van der Waals surface area contributed by atoms with Crippen molar-refractivity contribution in [3.8, 4) is 0 Å². The van der Waals surface area contributed by atoms with Gasteiger partial charge in [0, 0.05) is 37.1 Å². The fourth-order valence-electron chi connectivity index (χ4n) is 4.74. The van der Waals surface area contributed by atoms with Crippen molar-refractivity contribution in [3.63, 3.8) is 0 Å². The van der Waals surface area contributed by atoms with Crippen molar-refractivity contribution < 1.29 is 62.4 Å². The number of H-pyrrole nitrogens is 1. The summed E-state index contributed by atoms with van der Waals surface area (Å²) in [5.41, 5.74) is 3.14. The summed E-state index contributed by atoms with van der Waals surface area (Å²) >= 11 is 0. The Morgan fingerprint density at radius 2 is 1.33 bits per heavy atom. The number of aromatic nitrogens is 2. The van der Waals surface area contributed by atoms with Crippen LogP contribution in [0.15, 0.2) is 48.5 Å². The van der Waals surface area contributed by atoms with Crippen LogP contribution >= 0.6 is 0 Å². The highest BCUT2D eigenvalue weighted by molar-refractivity contribution is 5.95. The maximum absolute atomic E-state index is 13.1. The molecule has 2 heterocycles. The second-order valence-electron chi connectivity index (χ2n) is 11.1. The number of hydrogen-bond acceptors (Lipinski definition) is 14. The van der Waals surface area contributed by atoms with Gasteiger partial charge in [0.05, 0.1) is 11.2 Å². The zero-order valence-corrected chi connectivity index (χ0v) is 27.8. The number of rotatable bonds is 14. The van der Waals surface area contributed by atoms with E-state index >= 15 is 0 Å². The number of carbonyl (C=O) groups is 7. The van der Waals surface area contributed by atoms with Gasteiger partial charge < -0.3 is 38.6 Å². The molecule has 17 heteroatoms. The molecule has 2 N–H and O–H groups in total. The molecule has 51 heavy (non-hydrogen) atoms. The van der Waals surface area contributed by atoms with Gasteiger partial charge in [0.2, 0.25) is 0 Å². The molecule has 2 atom stereocenters. The summed E-state index contributed by atoms with van der Waals surface area (Å²) in [5, 5.41) is 16.8. The summed E-state index contributed by atoms with van der Waals surface area (Å²) in [7, 11) is 0. The first-order valence-corrected chi connectivity index (χ1v) is 15.7. The number of nitrogens with one attached hydrogen (secondary N) is 1. The quantitative estimate of drug-likeness (QED) is 0.172. The minimum atomic E-state index is -1.45. The summed E-state index contributed by atoms with van der Waals surface area (Å²) in [5.74, 6) is -6.12. The third-order valence-corrected chi connectivity index (χ3v) is 7.43. The van der Waals surface area contributed by atoms with Crippen molar-refractivity contribution in [2.75, 3.05) is 52.6 Å². The lowest BCUT2D eigenvalue weighted by molar-refractivity contribution is -0.177. The molecule has 0 spiro atoms. The molecule has 1 aromatic heterocycles. The highest BCUT2D eigenvalue weighted by Gasteiger charge is 2.31. The van der Waals surface area contributed by atoms with Crippen LogP contribution in [0.1, 0.15) is 35.5 Å². The number of carbonyl (C=O) groups excluding carboxylic acids is 7. The molecule has 2 unspecified atom stereocenters. The molecule has 1 aliphatic rings. The van der Waals surface area contributed by atoms with Crippen LogP contribution in [0.3, 0.4) is 0 Å². The van der Waals surface area contributed by atoms with Gasteiger partial charge >= 0.3 is 29.8 Å². The highest BCUT2D eigenvalue weighted by atomic mass is 16.6. The van der Waals surface area contributed by atoms with Gasteiger partial charge in [-0.3, -0.25) is 14.7 Å². The van der Waals surface area contributed by atoms with Crippen molar-refractivity contribution in [1.82, 2.24) is 20.0 Å². The SMILES string of the molecule is CC(OC(=O)COC(=O)COC(=O)COC(=O)CO)C(=O)OC(C)C(=O)N1CCN(C(=O)c2ccc(/C=C/c3n[nH]c4ccccc34)cc2)CC1. The van der Waals surface area contributed by atoms with Gasteiger partial charge in [-0.25, -0.2) is 24.0 Å². The predicted octanol–water partition coefficient (Wildman–Crippen LogP) is 0.503. The minimum absolute atomic E-state index is 0.181. The monoisotopic (exact) mass is 708 g/mol. The van der Waals surface area contributed by atoms with E-state index in [0.29, 0.717) is 5.56 Å². The minimum Gasteiger partial charge on any atom is -0.452 e. The summed E-state index contributed by atoms with van der Waals surface area (Å²) in [4.78, 5) is 87.4. The smallest absolute Gasteiger partial charge is 0.347 e. The van der Waals surface area contributed by atoms with E-state index in [1.807, 2.05) is 48.6 Å². The molecule has 1 fully saturated rings. The zero-order valence-electron chi connectivity index (χ0n) is 27.8. The highest BCUT2D eigenvalue weighted by Crippen LogP contribution is 2.18. The largest absolute Gasteiger partial charge is 0.452 e. The number of hydrogen-bond donors (Lipinski definition) is 2. The van der Waals surface area contributed by atoms with Gasteiger partial charge in [-0.1, -0.05) is 36.4 Å². The number of aliphatic hydroxyl groups is 1. The molecule has 1 saturated heterocycles. The fourth-order valence-corrected chi connectivity index (χ4v) is 4.74. The molecule has 0 saturated carbocycles. The van der Waals surface area contributed by atoms with Crippen molar-refractivity contribution in [2.45, 2.75) is 26.1 Å². The normalized spacial score (nSPS) is 14.0. The standard InChI is InChI=1S/C34H36N4O13/c1-21(51-34(46)22(2)50-31(43)20-49-30(42)19-48-29(41)18-47-28(40)17-39)32(44)37-13-15-38(16-14-37)33(45)24-10-7-23(8-11-24)9-12-27-25-5-3-4-6-26(25)35-36-27/h3-12,21-22,39H,13-20H2,1-2H3,(H,35,36)/b12-9+. The number of fused-ring (bicyclic) bond motifs is 1. The van der Waals surface area contributed by atoms with E-state index in [1.54, 1.807) is 17.0 Å². The van der Waals surface area contributed by atoms with Crippen LogP contribution in [0.5, 0.6) is 0 Å². The second-order valence-corrected chi connectivity index (χ2v) is 11.1. The Bertz CT molecular complexity index is 1780. The summed E-state index contributed by atoms with van der Waals surface area (Å²) in [6.07, 6.45) is 1.14. The predicted molar refractivity (Wildman–Crippen MR) is 175 cm³/mol. The zero-order chi connectivity index (χ0) is 36.9. The van der Waals surface area contributed by atoms with Crippen LogP contribution < -0.4 is 0 Å². The molecule has 270 valence electrons. The summed E-state index contributed by atoms with van der Waals surface area (Å²) in [6, 6.07) is 15.0. The Morgan fingerprint density at radius 1 is 0.745 bits per heavy atom. The fraction of sp³-hybridized carbons (Fsp3) is 0.353. The molecule has 0 radical (unpaired) electrons. The lowest BCUT2D eigenvalue weighted by atomic mass is 10.1. The molecule has 3 aromatic rings. The van der Waals surface area contributed by atoms with E-state index in [0.717, 1.165) is 22.2 Å². The molecule has 0 bridgehead atoms. The number of amides is 2. The van der Waals surface area contributed by atoms with E-state index in [1.165, 1.54) is 18.7 Å². The molecular weight excluding hydrogens is 672 g/mol. The lowest BCUT2D eigenvalue weighted by Gasteiger charge is -2.35. The van der Waals surface area contributed by atoms with Gasteiger partial charge in [-0.2, -0.15) is 5.10 Å². The number of nitrogens with zero attached hydrogens (tertiary/aromatic N) is 3. The number of aromatic amines is 1. The van der Waals surface area contributed by atoms with Crippen molar-refractivity contribution in [2.24, 2.45) is 0 Å². The Morgan fingerprint density at radius 3 is 1.98 bits per heavy atom.